The molecule has 0 fully saturated rings. The van der Waals surface area contributed by atoms with Gasteiger partial charge in [0.1, 0.15) is 22.9 Å². The number of aryl methyl sites for hydroxylation is 2. The fraction of sp³-hybridized carbons (Fsp3) is 0.361. The number of phenols is 1. The van der Waals surface area contributed by atoms with Gasteiger partial charge in [-0.05, 0) is 65.5 Å². The van der Waals surface area contributed by atoms with Crippen LogP contribution in [0.25, 0.3) is 10.9 Å². The number of aromatic nitrogens is 1. The van der Waals surface area contributed by atoms with E-state index in [0.717, 1.165) is 34.9 Å². The van der Waals surface area contributed by atoms with Gasteiger partial charge < -0.3 is 9.84 Å². The quantitative estimate of drug-likeness (QED) is 0.195. The molecule has 1 aromatic heterocycles. The van der Waals surface area contributed by atoms with Gasteiger partial charge in [-0.2, -0.15) is 0 Å². The largest absolute Gasteiger partial charge is 0.507 e. The van der Waals surface area contributed by atoms with Crippen molar-refractivity contribution >= 4 is 22.5 Å². The summed E-state index contributed by atoms with van der Waals surface area (Å²) < 4.78 is 6.23. The summed E-state index contributed by atoms with van der Waals surface area (Å²) in [6, 6.07) is 19.0. The number of benzene rings is 3. The molecular weight excluding hydrogens is 510 g/mol. The third kappa shape index (κ3) is 5.50. The van der Waals surface area contributed by atoms with Crippen LogP contribution in [-0.4, -0.2) is 28.3 Å². The van der Waals surface area contributed by atoms with Gasteiger partial charge in [-0.1, -0.05) is 89.6 Å². The molecule has 1 N–H and O–H groups in total. The van der Waals surface area contributed by atoms with Crippen molar-refractivity contribution in [1.29, 1.82) is 0 Å². The Bertz CT molecular complexity index is 1630. The van der Waals surface area contributed by atoms with Gasteiger partial charge >= 0.3 is 0 Å². The monoisotopic (exact) mass is 549 g/mol. The zero-order valence-electron chi connectivity index (χ0n) is 25.1. The fourth-order valence-corrected chi connectivity index (χ4v) is 5.63. The summed E-state index contributed by atoms with van der Waals surface area (Å²) >= 11 is 0. The van der Waals surface area contributed by atoms with Gasteiger partial charge in [0, 0.05) is 16.5 Å². The molecule has 5 heteroatoms. The van der Waals surface area contributed by atoms with E-state index in [1.807, 2.05) is 37.3 Å². The molecule has 1 heterocycles. The Morgan fingerprint density at radius 1 is 0.829 bits per heavy atom. The van der Waals surface area contributed by atoms with E-state index in [4.69, 9.17) is 9.72 Å². The van der Waals surface area contributed by atoms with Crippen LogP contribution in [0.15, 0.2) is 60.7 Å². The van der Waals surface area contributed by atoms with Crippen molar-refractivity contribution in [3.8, 4) is 11.5 Å². The van der Waals surface area contributed by atoms with Gasteiger partial charge in [0.25, 0.3) is 0 Å². The highest BCUT2D eigenvalue weighted by atomic mass is 16.5. The first-order valence-electron chi connectivity index (χ1n) is 14.3. The van der Waals surface area contributed by atoms with E-state index in [1.54, 1.807) is 18.2 Å². The summed E-state index contributed by atoms with van der Waals surface area (Å²) in [6.45, 7) is 15.1. The topological polar surface area (TPSA) is 76.5 Å². The van der Waals surface area contributed by atoms with Gasteiger partial charge in [0.05, 0.1) is 12.3 Å². The molecule has 1 aliphatic rings. The maximum Gasteiger partial charge on any atom is 0.180 e. The first-order chi connectivity index (χ1) is 19.3. The van der Waals surface area contributed by atoms with Crippen molar-refractivity contribution in [2.24, 2.45) is 0 Å². The molecule has 41 heavy (non-hydrogen) atoms. The van der Waals surface area contributed by atoms with E-state index in [2.05, 4.69) is 53.7 Å². The zero-order chi connectivity index (χ0) is 29.7. The van der Waals surface area contributed by atoms with Crippen LogP contribution in [0.1, 0.15) is 103 Å². The molecule has 5 rings (SSSR count). The highest BCUT2D eigenvalue weighted by Gasteiger charge is 2.40. The number of para-hydroxylation sites is 1. The number of carbonyl (C=O) groups excluding carboxylic acids is 2. The number of Topliss-reactive ketones (excluding diaryl/α,β-unsaturated/α-hetero) is 2. The van der Waals surface area contributed by atoms with Crippen LogP contribution in [0.5, 0.6) is 11.5 Å². The molecule has 0 radical (unpaired) electrons. The number of ketones is 2. The molecule has 4 aromatic rings. The maximum atomic E-state index is 13.2. The molecule has 1 aliphatic carbocycles. The summed E-state index contributed by atoms with van der Waals surface area (Å²) in [5.74, 6) is -0.301. The third-order valence-corrected chi connectivity index (χ3v) is 7.88. The number of nitrogens with zero attached hydrogens (tertiary/aromatic N) is 1. The van der Waals surface area contributed by atoms with Gasteiger partial charge in [-0.15, -0.1) is 0 Å². The number of phenolic OH excluding ortho intramolecular Hbond substituents is 1. The number of fused-ring (bicyclic) bond motifs is 2. The van der Waals surface area contributed by atoms with Crippen molar-refractivity contribution in [2.45, 2.75) is 78.1 Å². The Labute approximate surface area is 242 Å². The lowest BCUT2D eigenvalue weighted by atomic mass is 9.78. The number of pyridine rings is 1. The highest BCUT2D eigenvalue weighted by molar-refractivity contribution is 6.29. The van der Waals surface area contributed by atoms with Crippen molar-refractivity contribution in [3.63, 3.8) is 0 Å². The summed E-state index contributed by atoms with van der Waals surface area (Å²) in [5.41, 5.74) is 5.73. The Hall–Kier alpha value is -3.99. The van der Waals surface area contributed by atoms with Crippen molar-refractivity contribution in [3.05, 3.63) is 99.7 Å². The second kappa shape index (κ2) is 10.4. The van der Waals surface area contributed by atoms with Gasteiger partial charge in [0.15, 0.2) is 11.6 Å². The van der Waals surface area contributed by atoms with E-state index >= 15 is 0 Å². The van der Waals surface area contributed by atoms with Gasteiger partial charge in [-0.3, -0.25) is 9.59 Å². The third-order valence-electron chi connectivity index (χ3n) is 7.88. The number of rotatable bonds is 6. The van der Waals surface area contributed by atoms with Crippen LogP contribution in [0.3, 0.4) is 0 Å². The van der Waals surface area contributed by atoms with Crippen LogP contribution < -0.4 is 4.74 Å². The molecular formula is C36H39NO4. The predicted octanol–water partition coefficient (Wildman–Crippen LogP) is 8.02. The molecule has 0 aliphatic heterocycles. The normalized spacial score (nSPS) is 15.4. The lowest BCUT2D eigenvalue weighted by Crippen LogP contribution is -2.18. The minimum absolute atomic E-state index is 0.175. The smallest absolute Gasteiger partial charge is 0.180 e. The van der Waals surface area contributed by atoms with Crippen molar-refractivity contribution in [1.82, 2.24) is 4.98 Å². The molecule has 1 atom stereocenters. The lowest BCUT2D eigenvalue weighted by Gasteiger charge is -2.28. The van der Waals surface area contributed by atoms with Crippen LogP contribution >= 0.6 is 0 Å². The van der Waals surface area contributed by atoms with Crippen LogP contribution in [0.4, 0.5) is 0 Å². The number of carbonyl (C=O) groups is 2. The van der Waals surface area contributed by atoms with E-state index in [0.29, 0.717) is 40.4 Å². The van der Waals surface area contributed by atoms with Crippen LogP contribution in [-0.2, 0) is 17.3 Å². The molecule has 3 aromatic carbocycles. The fourth-order valence-electron chi connectivity index (χ4n) is 5.63. The molecule has 0 bridgehead atoms. The molecule has 0 spiro atoms. The van der Waals surface area contributed by atoms with E-state index in [-0.39, 0.29) is 22.4 Å². The van der Waals surface area contributed by atoms with Crippen molar-refractivity contribution in [2.75, 3.05) is 6.61 Å². The summed E-state index contributed by atoms with van der Waals surface area (Å²) in [4.78, 5) is 31.2. The average molecular weight is 550 g/mol. The summed E-state index contributed by atoms with van der Waals surface area (Å²) in [5, 5.41) is 11.9. The Morgan fingerprint density at radius 3 is 2.15 bits per heavy atom. The Morgan fingerprint density at radius 2 is 1.49 bits per heavy atom. The number of aromatic hydroxyl groups is 1. The molecule has 5 nitrogen and oxygen atoms in total. The van der Waals surface area contributed by atoms with Gasteiger partial charge in [0.2, 0.25) is 0 Å². The first kappa shape index (κ1) is 28.5. The van der Waals surface area contributed by atoms with E-state index < -0.39 is 5.92 Å². The zero-order valence-corrected chi connectivity index (χ0v) is 25.1. The number of ether oxygens (including phenoxy) is 1. The Kier molecular flexibility index (Phi) is 7.27. The summed E-state index contributed by atoms with van der Waals surface area (Å²) in [7, 11) is 0. The maximum absolute atomic E-state index is 13.2. The molecule has 1 unspecified atom stereocenters. The first-order valence-corrected chi connectivity index (χ1v) is 14.3. The molecule has 0 amide bonds. The lowest BCUT2D eigenvalue weighted by molar-refractivity contribution is 0.0888. The Balaban J connectivity index is 1.35. The van der Waals surface area contributed by atoms with E-state index in [9.17, 15) is 14.7 Å². The second-order valence-electron chi connectivity index (χ2n) is 13.3. The molecule has 212 valence electrons. The average Bonchev–Trinajstić information content (AvgIpc) is 3.14. The number of hydrogen-bond acceptors (Lipinski definition) is 5. The predicted molar refractivity (Wildman–Crippen MR) is 164 cm³/mol. The highest BCUT2D eigenvalue weighted by Crippen LogP contribution is 2.40. The summed E-state index contributed by atoms with van der Waals surface area (Å²) in [6.07, 6.45) is 1.58. The molecule has 0 saturated carbocycles. The minimum atomic E-state index is -0.923. The van der Waals surface area contributed by atoms with Crippen LogP contribution in [0.2, 0.25) is 0 Å². The number of hydrogen-bond donors (Lipinski definition) is 1. The van der Waals surface area contributed by atoms with Crippen molar-refractivity contribution < 1.29 is 19.4 Å². The molecule has 0 saturated heterocycles. The SMILES string of the molecule is Cc1ccc2c(c1)C(=O)C(c1ccc3cccc(OCCCc4cc(C(C)(C)C)c(O)c(C(C)(C)C)c4)c3n1)C2=O. The van der Waals surface area contributed by atoms with Crippen LogP contribution in [0, 0.1) is 6.92 Å². The van der Waals surface area contributed by atoms with E-state index in [1.165, 1.54) is 5.56 Å². The standard InChI is InChI=1S/C36H39NO4/c1-21-13-15-24-25(18-21)33(39)30(32(24)38)28-16-14-23-11-8-12-29(31(23)37-28)41-17-9-10-22-19-26(35(2,3)4)34(40)27(20-22)36(5,6)7/h8,11-16,18-20,30,40H,9-10,17H2,1-7H3. The second-order valence-corrected chi connectivity index (χ2v) is 13.3. The van der Waals surface area contributed by atoms with Gasteiger partial charge in [-0.25, -0.2) is 4.98 Å². The minimum Gasteiger partial charge on any atom is -0.507 e.